The van der Waals surface area contributed by atoms with Gasteiger partial charge in [-0.3, -0.25) is 13.9 Å². The number of benzene rings is 1. The zero-order valence-electron chi connectivity index (χ0n) is 19.2. The van der Waals surface area contributed by atoms with E-state index in [1.165, 1.54) is 22.0 Å². The Morgan fingerprint density at radius 3 is 2.50 bits per heavy atom. The van der Waals surface area contributed by atoms with Crippen LogP contribution in [0.2, 0.25) is 0 Å². The molecule has 1 saturated carbocycles. The molecule has 11 heteroatoms. The quantitative estimate of drug-likeness (QED) is 0.435. The van der Waals surface area contributed by atoms with Gasteiger partial charge in [0.25, 0.3) is 5.56 Å². The summed E-state index contributed by atoms with van der Waals surface area (Å²) in [6, 6.07) is 8.34. The highest BCUT2D eigenvalue weighted by Gasteiger charge is 2.41. The second-order valence-corrected chi connectivity index (χ2v) is 12.1. The molecule has 1 aliphatic carbocycles. The first-order valence-electron chi connectivity index (χ1n) is 10.8. The van der Waals surface area contributed by atoms with Crippen LogP contribution in [0.4, 0.5) is 0 Å². The van der Waals surface area contributed by atoms with Crippen LogP contribution in [0.5, 0.6) is 0 Å². The van der Waals surface area contributed by atoms with Gasteiger partial charge in [0.05, 0.1) is 28.0 Å². The highest BCUT2D eigenvalue weighted by molar-refractivity contribution is 7.89. The molecule has 178 valence electrons. The van der Waals surface area contributed by atoms with Crippen molar-refractivity contribution in [2.24, 2.45) is 7.05 Å². The van der Waals surface area contributed by atoms with Gasteiger partial charge >= 0.3 is 5.69 Å². The first kappa shape index (κ1) is 22.8. The first-order valence-corrected chi connectivity index (χ1v) is 13.1. The van der Waals surface area contributed by atoms with E-state index in [4.69, 9.17) is 4.52 Å². The van der Waals surface area contributed by atoms with Crippen LogP contribution in [0.3, 0.4) is 0 Å². The van der Waals surface area contributed by atoms with E-state index in [1.54, 1.807) is 26.1 Å². The number of nitrogens with zero attached hydrogens (tertiary/aromatic N) is 3. The van der Waals surface area contributed by atoms with Gasteiger partial charge in [-0.25, -0.2) is 17.9 Å². The lowest BCUT2D eigenvalue weighted by Crippen LogP contribution is -2.39. The van der Waals surface area contributed by atoms with E-state index in [0.29, 0.717) is 22.5 Å². The number of hydrogen-bond acceptors (Lipinski definition) is 7. The zero-order chi connectivity index (χ0) is 24.4. The highest BCUT2D eigenvalue weighted by Crippen LogP contribution is 2.38. The van der Waals surface area contributed by atoms with Crippen molar-refractivity contribution in [1.82, 2.24) is 19.0 Å². The molecule has 34 heavy (non-hydrogen) atoms. The van der Waals surface area contributed by atoms with Crippen molar-refractivity contribution in [3.05, 3.63) is 67.5 Å². The van der Waals surface area contributed by atoms with Crippen LogP contribution in [0.15, 0.2) is 49.3 Å². The van der Waals surface area contributed by atoms with Gasteiger partial charge in [0.1, 0.15) is 0 Å². The predicted octanol–water partition coefficient (Wildman–Crippen LogP) is 2.91. The molecule has 1 aliphatic rings. The Labute approximate surface area is 199 Å². The number of aryl methyl sites for hydroxylation is 3. The minimum absolute atomic E-state index is 0.00742. The number of rotatable bonds is 6. The molecule has 1 aromatic carbocycles. The predicted molar refractivity (Wildman–Crippen MR) is 130 cm³/mol. The number of aromatic nitrogens is 3. The van der Waals surface area contributed by atoms with Crippen molar-refractivity contribution < 1.29 is 12.9 Å². The lowest BCUT2D eigenvalue weighted by molar-refractivity contribution is 0.369. The van der Waals surface area contributed by atoms with Gasteiger partial charge in [0.2, 0.25) is 10.0 Å². The monoisotopic (exact) mass is 500 g/mol. The summed E-state index contributed by atoms with van der Waals surface area (Å²) in [5, 5.41) is 3.96. The van der Waals surface area contributed by atoms with Crippen LogP contribution in [-0.4, -0.2) is 28.2 Å². The molecular formula is C23H24N4O5S2. The van der Waals surface area contributed by atoms with E-state index in [2.05, 4.69) is 9.88 Å². The number of fused-ring (bicyclic) bond motifs is 1. The van der Waals surface area contributed by atoms with Crippen molar-refractivity contribution in [1.29, 1.82) is 0 Å². The van der Waals surface area contributed by atoms with E-state index in [-0.39, 0.29) is 16.8 Å². The molecule has 0 radical (unpaired) electrons. The minimum Gasteiger partial charge on any atom is -0.359 e. The second kappa shape index (κ2) is 7.76. The third kappa shape index (κ3) is 3.93. The maximum Gasteiger partial charge on any atom is 0.331 e. The SMILES string of the molecule is Cc1cc(Cn2c(=O)c3cc(S(=O)(=O)NC4(C)CC4)cc(-c4ccc(C)s4)c3n(C)c2=O)on1. The second-order valence-electron chi connectivity index (χ2n) is 9.11. The van der Waals surface area contributed by atoms with Gasteiger partial charge in [0, 0.05) is 34.0 Å². The lowest BCUT2D eigenvalue weighted by atomic mass is 10.1. The lowest BCUT2D eigenvalue weighted by Gasteiger charge is -2.17. The number of sulfonamides is 1. The Balaban J connectivity index is 1.80. The van der Waals surface area contributed by atoms with E-state index < -0.39 is 26.8 Å². The molecule has 9 nitrogen and oxygen atoms in total. The maximum absolute atomic E-state index is 13.6. The molecular weight excluding hydrogens is 476 g/mol. The average molecular weight is 501 g/mol. The first-order chi connectivity index (χ1) is 16.0. The summed E-state index contributed by atoms with van der Waals surface area (Å²) in [6.07, 6.45) is 1.52. The standard InChI is InChI=1S/C23H24N4O5S2/c1-13-9-15(32-24-13)12-27-21(28)18-11-16(34(30,31)25-23(3)7-8-23)10-17(19-6-5-14(2)33-19)20(18)26(4)22(27)29/h5-6,9-11,25H,7-8,12H2,1-4H3. The van der Waals surface area contributed by atoms with Gasteiger partial charge in [-0.15, -0.1) is 11.3 Å². The number of nitrogens with one attached hydrogen (secondary N) is 1. The fourth-order valence-corrected chi connectivity index (χ4v) is 6.42. The van der Waals surface area contributed by atoms with Gasteiger partial charge in [-0.05, 0) is 57.9 Å². The molecule has 0 bridgehead atoms. The molecule has 5 rings (SSSR count). The Morgan fingerprint density at radius 1 is 1.18 bits per heavy atom. The molecule has 0 amide bonds. The van der Waals surface area contributed by atoms with Crippen molar-refractivity contribution in [2.45, 2.75) is 50.6 Å². The van der Waals surface area contributed by atoms with E-state index in [0.717, 1.165) is 27.2 Å². The van der Waals surface area contributed by atoms with Crippen molar-refractivity contribution in [3.63, 3.8) is 0 Å². The summed E-state index contributed by atoms with van der Waals surface area (Å²) in [6.45, 7) is 5.43. The highest BCUT2D eigenvalue weighted by atomic mass is 32.2. The molecule has 1 N–H and O–H groups in total. The maximum atomic E-state index is 13.6. The Morgan fingerprint density at radius 2 is 1.91 bits per heavy atom. The number of thiophene rings is 1. The molecule has 0 unspecified atom stereocenters. The normalized spacial score (nSPS) is 15.2. The topological polar surface area (TPSA) is 116 Å². The summed E-state index contributed by atoms with van der Waals surface area (Å²) in [4.78, 5) is 28.6. The van der Waals surface area contributed by atoms with E-state index >= 15 is 0 Å². The van der Waals surface area contributed by atoms with E-state index in [1.807, 2.05) is 26.0 Å². The van der Waals surface area contributed by atoms with Crippen molar-refractivity contribution in [3.8, 4) is 10.4 Å². The molecule has 4 aromatic rings. The molecule has 3 heterocycles. The number of hydrogen-bond donors (Lipinski definition) is 1. The molecule has 0 atom stereocenters. The van der Waals surface area contributed by atoms with Gasteiger partial charge in [-0.2, -0.15) is 0 Å². The fourth-order valence-electron chi connectivity index (χ4n) is 4.02. The van der Waals surface area contributed by atoms with Crippen molar-refractivity contribution >= 4 is 32.3 Å². The third-order valence-electron chi connectivity index (χ3n) is 6.10. The van der Waals surface area contributed by atoms with Crippen LogP contribution in [0.25, 0.3) is 21.3 Å². The van der Waals surface area contributed by atoms with E-state index in [9.17, 15) is 18.0 Å². The van der Waals surface area contributed by atoms with Crippen LogP contribution in [0.1, 0.15) is 36.1 Å². The summed E-state index contributed by atoms with van der Waals surface area (Å²) in [5.74, 6) is 0.359. The summed E-state index contributed by atoms with van der Waals surface area (Å²) in [7, 11) is -2.31. The molecule has 0 aliphatic heterocycles. The van der Waals surface area contributed by atoms with Crippen LogP contribution < -0.4 is 16.0 Å². The fraction of sp³-hybridized carbons (Fsp3) is 0.348. The summed E-state index contributed by atoms with van der Waals surface area (Å²) < 4.78 is 36.9. The smallest absolute Gasteiger partial charge is 0.331 e. The Kier molecular flexibility index (Phi) is 5.19. The van der Waals surface area contributed by atoms with Gasteiger partial charge in [-0.1, -0.05) is 5.16 Å². The van der Waals surface area contributed by atoms with Crippen LogP contribution in [-0.2, 0) is 23.6 Å². The van der Waals surface area contributed by atoms with Crippen LogP contribution in [0, 0.1) is 13.8 Å². The average Bonchev–Trinajstić information content (AvgIpc) is 3.13. The minimum atomic E-state index is -3.89. The molecule has 1 fully saturated rings. The van der Waals surface area contributed by atoms with Gasteiger partial charge < -0.3 is 4.52 Å². The Bertz CT molecular complexity index is 1670. The van der Waals surface area contributed by atoms with Gasteiger partial charge in [0.15, 0.2) is 5.76 Å². The molecule has 3 aromatic heterocycles. The van der Waals surface area contributed by atoms with Crippen molar-refractivity contribution in [2.75, 3.05) is 0 Å². The summed E-state index contributed by atoms with van der Waals surface area (Å²) in [5.41, 5.74) is -0.0445. The zero-order valence-corrected chi connectivity index (χ0v) is 20.8. The third-order valence-corrected chi connectivity index (χ3v) is 8.75. The Hall–Kier alpha value is -3.02. The largest absolute Gasteiger partial charge is 0.359 e. The molecule has 0 saturated heterocycles. The molecule has 0 spiro atoms. The summed E-state index contributed by atoms with van der Waals surface area (Å²) >= 11 is 1.47. The van der Waals surface area contributed by atoms with Crippen LogP contribution >= 0.6 is 11.3 Å².